The Hall–Kier alpha value is -2.22. The zero-order chi connectivity index (χ0) is 11.7. The smallest absolute Gasteiger partial charge is 0.233 e. The number of methoxy groups -OCH3 is 1. The molecule has 0 fully saturated rings. The van der Waals surface area contributed by atoms with E-state index in [2.05, 4.69) is 21.0 Å². The summed E-state index contributed by atoms with van der Waals surface area (Å²) >= 11 is 0. The van der Waals surface area contributed by atoms with Crippen LogP contribution in [0.4, 0.5) is 0 Å². The van der Waals surface area contributed by atoms with Gasteiger partial charge in [0.05, 0.1) is 24.0 Å². The van der Waals surface area contributed by atoms with Gasteiger partial charge < -0.3 is 4.74 Å². The van der Waals surface area contributed by atoms with Crippen molar-refractivity contribution < 1.29 is 4.74 Å². The first-order valence-corrected chi connectivity index (χ1v) is 4.75. The minimum absolute atomic E-state index is 0.311. The molecule has 5 nitrogen and oxygen atoms in total. The molecular weight excluding hydrogens is 204 g/mol. The lowest BCUT2D eigenvalue weighted by molar-refractivity contribution is 0.396. The second-order valence-electron chi connectivity index (χ2n) is 3.38. The maximum absolute atomic E-state index is 9.10. The van der Waals surface area contributed by atoms with Crippen LogP contribution >= 0.6 is 0 Å². The Morgan fingerprint density at radius 3 is 2.62 bits per heavy atom. The third kappa shape index (κ3) is 1.36. The molecule has 0 saturated carbocycles. The molecule has 0 unspecified atom stereocenters. The van der Waals surface area contributed by atoms with Crippen molar-refractivity contribution in [1.82, 2.24) is 15.0 Å². The molecular formula is C11H10N4O. The Balaban J connectivity index is 2.99. The molecule has 2 rings (SSSR count). The van der Waals surface area contributed by atoms with E-state index in [1.165, 1.54) is 13.4 Å². The van der Waals surface area contributed by atoms with Gasteiger partial charge in [-0.3, -0.25) is 0 Å². The van der Waals surface area contributed by atoms with Gasteiger partial charge in [-0.2, -0.15) is 5.26 Å². The molecule has 0 bridgehead atoms. The SMILES string of the molecule is COc1nc(C)c2c(C)ncnc2c1C#N. The van der Waals surface area contributed by atoms with Gasteiger partial charge in [-0.15, -0.1) is 0 Å². The van der Waals surface area contributed by atoms with E-state index in [0.717, 1.165) is 16.8 Å². The fourth-order valence-electron chi connectivity index (χ4n) is 1.71. The van der Waals surface area contributed by atoms with Crippen molar-refractivity contribution in [2.75, 3.05) is 7.11 Å². The number of nitriles is 1. The van der Waals surface area contributed by atoms with Gasteiger partial charge in [-0.05, 0) is 13.8 Å². The van der Waals surface area contributed by atoms with Crippen molar-refractivity contribution in [1.29, 1.82) is 5.26 Å². The number of ether oxygens (including phenoxy) is 1. The number of aromatic nitrogens is 3. The van der Waals surface area contributed by atoms with Crippen LogP contribution in [-0.2, 0) is 0 Å². The van der Waals surface area contributed by atoms with E-state index in [4.69, 9.17) is 10.00 Å². The van der Waals surface area contributed by atoms with E-state index in [1.54, 1.807) is 0 Å². The highest BCUT2D eigenvalue weighted by molar-refractivity contribution is 5.88. The van der Waals surface area contributed by atoms with Gasteiger partial charge in [-0.1, -0.05) is 0 Å². The van der Waals surface area contributed by atoms with Crippen LogP contribution in [0.1, 0.15) is 17.0 Å². The van der Waals surface area contributed by atoms with Crippen LogP contribution in [0, 0.1) is 25.2 Å². The number of rotatable bonds is 1. The third-order valence-electron chi connectivity index (χ3n) is 2.42. The number of pyridine rings is 1. The second kappa shape index (κ2) is 3.74. The van der Waals surface area contributed by atoms with Crippen molar-refractivity contribution in [2.24, 2.45) is 0 Å². The van der Waals surface area contributed by atoms with Crippen molar-refractivity contribution >= 4 is 10.9 Å². The third-order valence-corrected chi connectivity index (χ3v) is 2.42. The number of nitrogens with zero attached hydrogens (tertiary/aromatic N) is 4. The summed E-state index contributed by atoms with van der Waals surface area (Å²) in [7, 11) is 1.49. The molecule has 2 aromatic rings. The minimum Gasteiger partial charge on any atom is -0.480 e. The van der Waals surface area contributed by atoms with Crippen LogP contribution in [0.5, 0.6) is 5.88 Å². The quantitative estimate of drug-likeness (QED) is 0.719. The summed E-state index contributed by atoms with van der Waals surface area (Å²) in [6.07, 6.45) is 1.44. The molecule has 0 aliphatic heterocycles. The Bertz CT molecular complexity index is 601. The van der Waals surface area contributed by atoms with Gasteiger partial charge >= 0.3 is 0 Å². The molecule has 5 heteroatoms. The lowest BCUT2D eigenvalue weighted by Gasteiger charge is -2.08. The minimum atomic E-state index is 0.311. The summed E-state index contributed by atoms with van der Waals surface area (Å²) < 4.78 is 5.07. The summed E-state index contributed by atoms with van der Waals surface area (Å²) in [5, 5.41) is 9.92. The van der Waals surface area contributed by atoms with Crippen LogP contribution in [-0.4, -0.2) is 22.1 Å². The zero-order valence-corrected chi connectivity index (χ0v) is 9.27. The van der Waals surface area contributed by atoms with Crippen LogP contribution in [0.3, 0.4) is 0 Å². The predicted octanol–water partition coefficient (Wildman–Crippen LogP) is 1.52. The maximum atomic E-state index is 9.10. The number of hydrogen-bond acceptors (Lipinski definition) is 5. The molecule has 0 atom stereocenters. The number of hydrogen-bond donors (Lipinski definition) is 0. The molecule has 0 saturated heterocycles. The molecule has 2 aromatic heterocycles. The molecule has 0 spiro atoms. The zero-order valence-electron chi connectivity index (χ0n) is 9.27. The van der Waals surface area contributed by atoms with Crippen LogP contribution in [0.2, 0.25) is 0 Å². The Morgan fingerprint density at radius 1 is 1.25 bits per heavy atom. The average Bonchev–Trinajstić information content (AvgIpc) is 2.28. The van der Waals surface area contributed by atoms with E-state index < -0.39 is 0 Å². The second-order valence-corrected chi connectivity index (χ2v) is 3.38. The fraction of sp³-hybridized carbons (Fsp3) is 0.273. The first kappa shape index (κ1) is 10.3. The standard InChI is InChI=1S/C11H10N4O/c1-6-9-7(2)15-11(16-3)8(4-12)10(9)14-5-13-6/h5H,1-3H3. The van der Waals surface area contributed by atoms with E-state index >= 15 is 0 Å². The molecule has 0 N–H and O–H groups in total. The van der Waals surface area contributed by atoms with E-state index in [-0.39, 0.29) is 0 Å². The van der Waals surface area contributed by atoms with Crippen LogP contribution in [0.15, 0.2) is 6.33 Å². The Morgan fingerprint density at radius 2 is 2.00 bits per heavy atom. The van der Waals surface area contributed by atoms with Gasteiger partial charge in [0.15, 0.2) is 0 Å². The number of aryl methyl sites for hydroxylation is 2. The summed E-state index contributed by atoms with van der Waals surface area (Å²) in [6, 6.07) is 2.07. The van der Waals surface area contributed by atoms with Crippen molar-refractivity contribution in [3.63, 3.8) is 0 Å². The molecule has 0 aliphatic carbocycles. The highest BCUT2D eigenvalue weighted by Gasteiger charge is 2.15. The average molecular weight is 214 g/mol. The van der Waals surface area contributed by atoms with E-state index in [1.807, 2.05) is 13.8 Å². The predicted molar refractivity (Wildman–Crippen MR) is 58.1 cm³/mol. The first-order valence-electron chi connectivity index (χ1n) is 4.75. The highest BCUT2D eigenvalue weighted by Crippen LogP contribution is 2.26. The van der Waals surface area contributed by atoms with E-state index in [9.17, 15) is 0 Å². The highest BCUT2D eigenvalue weighted by atomic mass is 16.5. The summed E-state index contributed by atoms with van der Waals surface area (Å²) in [6.45, 7) is 3.72. The Labute approximate surface area is 92.7 Å². The molecule has 0 amide bonds. The van der Waals surface area contributed by atoms with E-state index in [0.29, 0.717) is 17.0 Å². The summed E-state index contributed by atoms with van der Waals surface area (Å²) in [4.78, 5) is 12.5. The summed E-state index contributed by atoms with van der Waals surface area (Å²) in [5.41, 5.74) is 2.53. The van der Waals surface area contributed by atoms with Crippen LogP contribution in [0.25, 0.3) is 10.9 Å². The van der Waals surface area contributed by atoms with Gasteiger partial charge in [0, 0.05) is 5.39 Å². The first-order chi connectivity index (χ1) is 7.69. The van der Waals surface area contributed by atoms with Crippen molar-refractivity contribution in [2.45, 2.75) is 13.8 Å². The largest absolute Gasteiger partial charge is 0.480 e. The normalized spacial score (nSPS) is 10.1. The lowest BCUT2D eigenvalue weighted by atomic mass is 10.1. The van der Waals surface area contributed by atoms with Crippen molar-refractivity contribution in [3.8, 4) is 11.9 Å². The molecule has 80 valence electrons. The maximum Gasteiger partial charge on any atom is 0.233 e. The number of fused-ring (bicyclic) bond motifs is 1. The molecule has 0 aliphatic rings. The van der Waals surface area contributed by atoms with Crippen molar-refractivity contribution in [3.05, 3.63) is 23.3 Å². The van der Waals surface area contributed by atoms with Gasteiger partial charge in [0.1, 0.15) is 18.0 Å². The summed E-state index contributed by atoms with van der Waals surface area (Å²) in [5.74, 6) is 0.311. The molecule has 2 heterocycles. The van der Waals surface area contributed by atoms with Gasteiger partial charge in [-0.25, -0.2) is 15.0 Å². The monoisotopic (exact) mass is 214 g/mol. The van der Waals surface area contributed by atoms with Gasteiger partial charge in [0.2, 0.25) is 5.88 Å². The topological polar surface area (TPSA) is 71.7 Å². The molecule has 0 aromatic carbocycles. The lowest BCUT2D eigenvalue weighted by Crippen LogP contribution is -2.00. The van der Waals surface area contributed by atoms with Crippen LogP contribution < -0.4 is 4.74 Å². The van der Waals surface area contributed by atoms with Gasteiger partial charge in [0.25, 0.3) is 0 Å². The Kier molecular flexibility index (Phi) is 2.41. The molecule has 0 radical (unpaired) electrons. The fourth-order valence-corrected chi connectivity index (χ4v) is 1.71. The molecule has 16 heavy (non-hydrogen) atoms.